The summed E-state index contributed by atoms with van der Waals surface area (Å²) in [5, 5.41) is 4.62. The fourth-order valence-corrected chi connectivity index (χ4v) is 1.65. The van der Waals surface area contributed by atoms with Gasteiger partial charge in [-0.05, 0) is 29.6 Å². The monoisotopic (exact) mass is 224 g/mol. The maximum atomic E-state index is 8.15. The van der Waals surface area contributed by atoms with Crippen molar-refractivity contribution in [3.8, 4) is 0 Å². The van der Waals surface area contributed by atoms with Gasteiger partial charge >= 0.3 is 0 Å². The first-order valence-corrected chi connectivity index (χ1v) is 5.43. The summed E-state index contributed by atoms with van der Waals surface area (Å²) in [5.41, 5.74) is 10.3. The summed E-state index contributed by atoms with van der Waals surface area (Å²) in [6, 6.07) is 10.0. The quantitative estimate of drug-likeness (QED) is 0.335. The normalized spacial score (nSPS) is 10.6. The Bertz CT molecular complexity index is 577. The molecule has 0 amide bonds. The van der Waals surface area contributed by atoms with Crippen LogP contribution in [-0.4, -0.2) is 11.5 Å². The van der Waals surface area contributed by atoms with Gasteiger partial charge in [0.25, 0.3) is 0 Å². The summed E-state index contributed by atoms with van der Waals surface area (Å²) in [7, 11) is 0. The van der Waals surface area contributed by atoms with Gasteiger partial charge in [0.05, 0.1) is 5.52 Å². The van der Waals surface area contributed by atoms with Crippen LogP contribution in [0.5, 0.6) is 0 Å². The molecule has 1 aromatic heterocycles. The van der Waals surface area contributed by atoms with Crippen molar-refractivity contribution in [1.29, 1.82) is 0 Å². The average molecular weight is 224 g/mol. The van der Waals surface area contributed by atoms with Crippen molar-refractivity contribution in [3.05, 3.63) is 58.6 Å². The first-order chi connectivity index (χ1) is 8.42. The third-order valence-electron chi connectivity index (χ3n) is 2.44. The van der Waals surface area contributed by atoms with Gasteiger partial charge in [-0.1, -0.05) is 35.5 Å². The van der Waals surface area contributed by atoms with Gasteiger partial charge in [-0.2, -0.15) is 0 Å². The smallest absolute Gasteiger partial charge is 0.0707 e. The van der Waals surface area contributed by atoms with Gasteiger partial charge in [0.1, 0.15) is 0 Å². The Hall–Kier alpha value is -2.32. The Morgan fingerprint density at radius 2 is 2.18 bits per heavy atom. The Balaban J connectivity index is 2.21. The van der Waals surface area contributed by atoms with E-state index in [9.17, 15) is 0 Å². The van der Waals surface area contributed by atoms with Gasteiger partial charge in [-0.25, -0.2) is 0 Å². The van der Waals surface area contributed by atoms with Crippen molar-refractivity contribution in [2.45, 2.75) is 6.42 Å². The maximum Gasteiger partial charge on any atom is 0.0707 e. The number of aromatic nitrogens is 1. The molecule has 0 aliphatic rings. The van der Waals surface area contributed by atoms with Crippen molar-refractivity contribution in [2.24, 2.45) is 5.11 Å². The number of rotatable bonds is 4. The second-order valence-corrected chi connectivity index (χ2v) is 3.56. The highest BCUT2D eigenvalue weighted by molar-refractivity contribution is 5.87. The predicted octanol–water partition coefficient (Wildman–Crippen LogP) is 3.95. The van der Waals surface area contributed by atoms with E-state index >= 15 is 0 Å². The van der Waals surface area contributed by atoms with Gasteiger partial charge in [-0.3, -0.25) is 4.98 Å². The number of hydrogen-bond donors (Lipinski definition) is 0. The van der Waals surface area contributed by atoms with E-state index in [2.05, 4.69) is 21.1 Å². The molecule has 0 aliphatic heterocycles. The molecule has 17 heavy (non-hydrogen) atoms. The lowest BCUT2D eigenvalue weighted by atomic mass is 10.1. The molecule has 0 saturated heterocycles. The van der Waals surface area contributed by atoms with Gasteiger partial charge < -0.3 is 0 Å². The lowest BCUT2D eigenvalue weighted by Crippen LogP contribution is -1.81. The lowest BCUT2D eigenvalue weighted by Gasteiger charge is -2.00. The molecule has 1 aromatic carbocycles. The number of pyridine rings is 1. The predicted molar refractivity (Wildman–Crippen MR) is 69.4 cm³/mol. The molecule has 0 radical (unpaired) electrons. The highest BCUT2D eigenvalue weighted by Crippen LogP contribution is 2.17. The van der Waals surface area contributed by atoms with Gasteiger partial charge in [0.2, 0.25) is 0 Å². The number of fused-ring (bicyclic) bond motifs is 1. The molecule has 4 nitrogen and oxygen atoms in total. The van der Waals surface area contributed by atoms with Gasteiger partial charge in [0, 0.05) is 23.0 Å². The minimum Gasteiger partial charge on any atom is -0.256 e. The molecule has 84 valence electrons. The topological polar surface area (TPSA) is 61.7 Å². The van der Waals surface area contributed by atoms with Crippen molar-refractivity contribution in [3.63, 3.8) is 0 Å². The highest BCUT2D eigenvalue weighted by atomic mass is 15.1. The minimum absolute atomic E-state index is 0.496. The van der Waals surface area contributed by atoms with Gasteiger partial charge in [0.15, 0.2) is 0 Å². The summed E-state index contributed by atoms with van der Waals surface area (Å²) in [4.78, 5) is 7.01. The Labute approximate surface area is 99.2 Å². The number of para-hydroxylation sites is 1. The van der Waals surface area contributed by atoms with Crippen molar-refractivity contribution < 1.29 is 0 Å². The van der Waals surface area contributed by atoms with Crippen LogP contribution < -0.4 is 0 Å². The zero-order valence-corrected chi connectivity index (χ0v) is 9.32. The molecule has 0 fully saturated rings. The molecule has 0 aliphatic carbocycles. The van der Waals surface area contributed by atoms with Crippen LogP contribution >= 0.6 is 0 Å². The molecular formula is C13H12N4. The van der Waals surface area contributed by atoms with Crippen LogP contribution in [0.1, 0.15) is 12.0 Å². The molecule has 0 atom stereocenters. The molecule has 1 heterocycles. The lowest BCUT2D eigenvalue weighted by molar-refractivity contribution is 0.996. The third kappa shape index (κ3) is 2.83. The maximum absolute atomic E-state index is 8.15. The van der Waals surface area contributed by atoms with Crippen LogP contribution in [0.2, 0.25) is 0 Å². The van der Waals surface area contributed by atoms with Crippen molar-refractivity contribution in [1.82, 2.24) is 4.98 Å². The van der Waals surface area contributed by atoms with E-state index in [0.29, 0.717) is 6.54 Å². The van der Waals surface area contributed by atoms with E-state index in [1.807, 2.05) is 36.4 Å². The summed E-state index contributed by atoms with van der Waals surface area (Å²) < 4.78 is 0. The Kier molecular flexibility index (Phi) is 3.73. The molecule has 0 spiro atoms. The van der Waals surface area contributed by atoms with Crippen LogP contribution in [0.15, 0.2) is 47.7 Å². The summed E-state index contributed by atoms with van der Waals surface area (Å²) in [6.07, 6.45) is 6.60. The fraction of sp³-hybridized carbons (Fsp3) is 0.154. The largest absolute Gasteiger partial charge is 0.256 e. The van der Waals surface area contributed by atoms with E-state index in [0.717, 1.165) is 22.9 Å². The SMILES string of the molecule is [N-]=[N+]=NCCC=Cc1ccnc2ccccc12. The molecular weight excluding hydrogens is 212 g/mol. The Morgan fingerprint density at radius 1 is 1.29 bits per heavy atom. The number of benzene rings is 1. The van der Waals surface area contributed by atoms with Gasteiger partial charge in [-0.15, -0.1) is 0 Å². The summed E-state index contributed by atoms with van der Waals surface area (Å²) in [6.45, 7) is 0.496. The zero-order valence-electron chi connectivity index (χ0n) is 9.32. The number of hydrogen-bond acceptors (Lipinski definition) is 2. The Morgan fingerprint density at radius 3 is 3.06 bits per heavy atom. The molecule has 0 unspecified atom stereocenters. The fourth-order valence-electron chi connectivity index (χ4n) is 1.65. The molecule has 0 bridgehead atoms. The first-order valence-electron chi connectivity index (χ1n) is 5.43. The van der Waals surface area contributed by atoms with Crippen LogP contribution in [0, 0.1) is 0 Å². The molecule has 2 aromatic rings. The minimum atomic E-state index is 0.496. The van der Waals surface area contributed by atoms with Crippen molar-refractivity contribution in [2.75, 3.05) is 6.54 Å². The van der Waals surface area contributed by atoms with E-state index in [-0.39, 0.29) is 0 Å². The molecule has 0 saturated carbocycles. The molecule has 2 rings (SSSR count). The average Bonchev–Trinajstić information content (AvgIpc) is 2.39. The highest BCUT2D eigenvalue weighted by Gasteiger charge is 1.96. The second-order valence-electron chi connectivity index (χ2n) is 3.56. The third-order valence-corrected chi connectivity index (χ3v) is 2.44. The van der Waals surface area contributed by atoms with Crippen LogP contribution in [0.4, 0.5) is 0 Å². The van der Waals surface area contributed by atoms with Crippen LogP contribution in [0.25, 0.3) is 27.4 Å². The standard InChI is InChI=1S/C13H12N4/c14-17-16-9-4-3-5-11-8-10-15-13-7-2-1-6-12(11)13/h1-3,5-8,10H,4,9H2. The summed E-state index contributed by atoms with van der Waals surface area (Å²) in [5.74, 6) is 0. The van der Waals surface area contributed by atoms with E-state index < -0.39 is 0 Å². The van der Waals surface area contributed by atoms with Crippen LogP contribution in [-0.2, 0) is 0 Å². The van der Waals surface area contributed by atoms with Crippen molar-refractivity contribution >= 4 is 17.0 Å². The zero-order chi connectivity index (χ0) is 11.9. The summed E-state index contributed by atoms with van der Waals surface area (Å²) >= 11 is 0. The molecule has 4 heteroatoms. The first kappa shape index (κ1) is 11.2. The molecule has 0 N–H and O–H groups in total. The van der Waals surface area contributed by atoms with Crippen LogP contribution in [0.3, 0.4) is 0 Å². The van der Waals surface area contributed by atoms with E-state index in [4.69, 9.17) is 5.53 Å². The van der Waals surface area contributed by atoms with E-state index in [1.165, 1.54) is 0 Å². The number of nitrogens with zero attached hydrogens (tertiary/aromatic N) is 4. The second kappa shape index (κ2) is 5.68. The van der Waals surface area contributed by atoms with E-state index in [1.54, 1.807) is 6.20 Å². The number of azide groups is 1.